The zero-order chi connectivity index (χ0) is 19.9. The van der Waals surface area contributed by atoms with Crippen LogP contribution in [0.15, 0.2) is 12.1 Å². The highest BCUT2D eigenvalue weighted by atomic mass is 28.3. The summed E-state index contributed by atoms with van der Waals surface area (Å²) in [5.74, 6) is -1.78. The van der Waals surface area contributed by atoms with Gasteiger partial charge in [-0.25, -0.2) is 13.2 Å². The van der Waals surface area contributed by atoms with Crippen molar-refractivity contribution in [1.29, 1.82) is 0 Å². The average Bonchev–Trinajstić information content (AvgIpc) is 2.71. The van der Waals surface area contributed by atoms with E-state index < -0.39 is 26.2 Å². The molecule has 1 saturated carbocycles. The Hall–Kier alpha value is -0.773. The first-order valence-corrected chi connectivity index (χ1v) is 14.0. The number of hydrogen-bond acceptors (Lipinski definition) is 0. The van der Waals surface area contributed by atoms with Gasteiger partial charge in [0.2, 0.25) is 0 Å². The number of benzene rings is 1. The van der Waals surface area contributed by atoms with Gasteiger partial charge < -0.3 is 0 Å². The third-order valence-electron chi connectivity index (χ3n) is 7.55. The summed E-state index contributed by atoms with van der Waals surface area (Å²) < 4.78 is 39.8. The van der Waals surface area contributed by atoms with E-state index in [0.29, 0.717) is 17.9 Å². The highest BCUT2D eigenvalue weighted by Crippen LogP contribution is 2.42. The van der Waals surface area contributed by atoms with Crippen LogP contribution >= 0.6 is 0 Å². The minimum absolute atomic E-state index is 0.595. The van der Waals surface area contributed by atoms with E-state index in [1.807, 2.05) is 0 Å². The minimum atomic E-state index is -1.35. The van der Waals surface area contributed by atoms with E-state index in [1.165, 1.54) is 76.3 Å². The summed E-state index contributed by atoms with van der Waals surface area (Å²) in [7, 11) is -0.598. The Morgan fingerprint density at radius 3 is 2.04 bits per heavy atom. The van der Waals surface area contributed by atoms with Crippen LogP contribution in [0.3, 0.4) is 0 Å². The first-order chi connectivity index (χ1) is 13.6. The van der Waals surface area contributed by atoms with Crippen LogP contribution in [0.5, 0.6) is 0 Å². The maximum absolute atomic E-state index is 13.4. The third kappa shape index (κ3) is 6.11. The van der Waals surface area contributed by atoms with E-state index in [-0.39, 0.29) is 0 Å². The molecule has 2 fully saturated rings. The van der Waals surface area contributed by atoms with Gasteiger partial charge in [-0.3, -0.25) is 0 Å². The highest BCUT2D eigenvalue weighted by molar-refractivity contribution is 6.60. The highest BCUT2D eigenvalue weighted by Gasteiger charge is 2.31. The molecule has 1 aromatic carbocycles. The lowest BCUT2D eigenvalue weighted by Gasteiger charge is -2.37. The van der Waals surface area contributed by atoms with E-state index in [4.69, 9.17) is 0 Å². The zero-order valence-corrected chi connectivity index (χ0v) is 18.7. The first-order valence-electron chi connectivity index (χ1n) is 11.7. The van der Waals surface area contributed by atoms with E-state index in [0.717, 1.165) is 30.0 Å². The molecule has 1 aliphatic carbocycles. The molecule has 158 valence electrons. The van der Waals surface area contributed by atoms with E-state index in [1.54, 1.807) is 0 Å². The van der Waals surface area contributed by atoms with E-state index in [9.17, 15) is 13.2 Å². The van der Waals surface area contributed by atoms with Gasteiger partial charge in [0.25, 0.3) is 0 Å². The molecule has 1 heterocycles. The molecule has 28 heavy (non-hydrogen) atoms. The molecular weight excluding hydrogens is 373 g/mol. The van der Waals surface area contributed by atoms with Crippen molar-refractivity contribution in [2.75, 3.05) is 0 Å². The molecule has 0 amide bonds. The Labute approximate surface area is 170 Å². The minimum Gasteiger partial charge on any atom is -0.204 e. The summed E-state index contributed by atoms with van der Waals surface area (Å²) in [6, 6.07) is 5.25. The quantitative estimate of drug-likeness (QED) is 0.233. The second kappa shape index (κ2) is 10.8. The van der Waals surface area contributed by atoms with Crippen molar-refractivity contribution in [2.45, 2.75) is 102 Å². The largest absolute Gasteiger partial charge is 0.204 e. The Bertz CT molecular complexity index is 579. The van der Waals surface area contributed by atoms with Gasteiger partial charge in [-0.05, 0) is 47.9 Å². The molecular formula is C24H37F3Si. The van der Waals surface area contributed by atoms with E-state index >= 15 is 0 Å². The Morgan fingerprint density at radius 1 is 0.821 bits per heavy atom. The van der Waals surface area contributed by atoms with Crippen LogP contribution in [0, 0.1) is 29.3 Å². The Kier molecular flexibility index (Phi) is 8.49. The number of aryl methyl sites for hydroxylation is 1. The van der Waals surface area contributed by atoms with Crippen molar-refractivity contribution in [3.8, 4) is 0 Å². The van der Waals surface area contributed by atoms with Crippen LogP contribution in [0.2, 0.25) is 17.6 Å². The second-order valence-corrected chi connectivity index (χ2v) is 13.1. The predicted molar refractivity (Wildman–Crippen MR) is 114 cm³/mol. The van der Waals surface area contributed by atoms with Crippen molar-refractivity contribution in [2.24, 2.45) is 11.8 Å². The molecule has 0 aromatic heterocycles. The van der Waals surface area contributed by atoms with Gasteiger partial charge in [0.1, 0.15) is 0 Å². The molecule has 4 heteroatoms. The summed E-state index contributed by atoms with van der Waals surface area (Å²) in [4.78, 5) is 0. The standard InChI is InChI=1S/C24H37F3Si/c1-2-3-4-5-18-8-10-21(11-9-18)28-14-12-19(13-15-28)6-7-20-16-22(25)24(27)23(26)17-20/h16-19,21,28H,2-15H2,1H3/t18-,19-,21-,28-. The van der Waals surface area contributed by atoms with Crippen molar-refractivity contribution < 1.29 is 13.2 Å². The van der Waals surface area contributed by atoms with Crippen LogP contribution in [0.25, 0.3) is 0 Å². The van der Waals surface area contributed by atoms with Crippen LogP contribution in [-0.2, 0) is 6.42 Å². The average molecular weight is 411 g/mol. The van der Waals surface area contributed by atoms with E-state index in [2.05, 4.69) is 6.92 Å². The van der Waals surface area contributed by atoms with Gasteiger partial charge in [0, 0.05) is 8.80 Å². The summed E-state index contributed by atoms with van der Waals surface area (Å²) in [5, 5.41) is 0. The number of rotatable bonds is 8. The molecule has 1 aromatic rings. The summed E-state index contributed by atoms with van der Waals surface area (Å²) in [6.45, 7) is 2.29. The third-order valence-corrected chi connectivity index (χ3v) is 11.7. The molecule has 0 unspecified atom stereocenters. The molecule has 0 N–H and O–H groups in total. The SMILES string of the molecule is CCCCC[C@H]1CC[C@H]([Si@H]2CC[C@H](CCc3cc(F)c(F)c(F)c3)CC2)CC1. The first kappa shape index (κ1) is 21.9. The molecule has 0 radical (unpaired) electrons. The lowest BCUT2D eigenvalue weighted by Crippen LogP contribution is -2.29. The summed E-state index contributed by atoms with van der Waals surface area (Å²) in [5.41, 5.74) is 1.67. The maximum atomic E-state index is 13.4. The van der Waals surface area contributed by atoms with Crippen LogP contribution in [0.1, 0.15) is 83.1 Å². The maximum Gasteiger partial charge on any atom is 0.194 e. The predicted octanol–water partition coefficient (Wildman–Crippen LogP) is 7.81. The van der Waals surface area contributed by atoms with Gasteiger partial charge in [-0.15, -0.1) is 0 Å². The topological polar surface area (TPSA) is 0 Å². The molecule has 0 spiro atoms. The lowest BCUT2D eigenvalue weighted by molar-refractivity contribution is 0.323. The summed E-state index contributed by atoms with van der Waals surface area (Å²) in [6.07, 6.45) is 15.8. The number of hydrogen-bond donors (Lipinski definition) is 0. The van der Waals surface area contributed by atoms with Gasteiger partial charge in [0.15, 0.2) is 17.5 Å². The molecule has 1 saturated heterocycles. The molecule has 0 atom stereocenters. The Morgan fingerprint density at radius 2 is 1.43 bits per heavy atom. The molecule has 0 bridgehead atoms. The fourth-order valence-electron chi connectivity index (χ4n) is 5.70. The van der Waals surface area contributed by atoms with Crippen LogP contribution < -0.4 is 0 Å². The van der Waals surface area contributed by atoms with Gasteiger partial charge in [-0.1, -0.05) is 83.2 Å². The number of halogens is 3. The van der Waals surface area contributed by atoms with Gasteiger partial charge in [-0.2, -0.15) is 0 Å². The molecule has 0 nitrogen and oxygen atoms in total. The number of unbranched alkanes of at least 4 members (excludes halogenated alkanes) is 2. The monoisotopic (exact) mass is 410 g/mol. The molecule has 1 aliphatic heterocycles. The van der Waals surface area contributed by atoms with Gasteiger partial charge >= 0.3 is 0 Å². The van der Waals surface area contributed by atoms with Gasteiger partial charge in [0.05, 0.1) is 0 Å². The van der Waals surface area contributed by atoms with Crippen molar-refractivity contribution in [3.63, 3.8) is 0 Å². The lowest BCUT2D eigenvalue weighted by atomic mass is 9.85. The normalized spacial score (nSPS) is 28.4. The smallest absolute Gasteiger partial charge is 0.194 e. The van der Waals surface area contributed by atoms with Crippen molar-refractivity contribution in [3.05, 3.63) is 35.1 Å². The fraction of sp³-hybridized carbons (Fsp3) is 0.750. The van der Waals surface area contributed by atoms with Crippen molar-refractivity contribution in [1.82, 2.24) is 0 Å². The molecule has 2 aliphatic rings. The molecule has 3 rings (SSSR count). The fourth-order valence-corrected chi connectivity index (χ4v) is 10.1. The Balaban J connectivity index is 1.36. The zero-order valence-electron chi connectivity index (χ0n) is 17.5. The van der Waals surface area contributed by atoms with Crippen molar-refractivity contribution >= 4 is 8.80 Å². The van der Waals surface area contributed by atoms with Crippen LogP contribution in [0.4, 0.5) is 13.2 Å². The second-order valence-electron chi connectivity index (χ2n) is 9.47. The summed E-state index contributed by atoms with van der Waals surface area (Å²) >= 11 is 0. The van der Waals surface area contributed by atoms with Crippen LogP contribution in [-0.4, -0.2) is 8.80 Å².